The first-order valence-corrected chi connectivity index (χ1v) is 14.9. The van der Waals surface area contributed by atoms with Crippen molar-refractivity contribution in [2.24, 2.45) is 5.92 Å². The summed E-state index contributed by atoms with van der Waals surface area (Å²) in [6.45, 7) is 18.1. The molecule has 0 aromatic heterocycles. The van der Waals surface area contributed by atoms with Crippen LogP contribution in [0.2, 0.25) is 0 Å². The highest BCUT2D eigenvalue weighted by Crippen LogP contribution is 2.29. The van der Waals surface area contributed by atoms with E-state index in [-0.39, 0.29) is 42.3 Å². The fourth-order valence-corrected chi connectivity index (χ4v) is 5.17. The first kappa shape index (κ1) is 34.4. The molecule has 2 heterocycles. The standard InChI is InChI=1S/C32H50N2O7/c1-9-11-18-34(10-2)31(38)39-23(5)14-17-29(36)33-25-19-22(4)27(40-24(25)6)15-12-21(3)13-16-28-30(37)26(35)20-32(7,8)41-28/h9,12,14,17,22-25,27-28H,1,10-11,13,15-16,18-20H2,2-8H3,(H,33,36). The van der Waals surface area contributed by atoms with Crippen molar-refractivity contribution < 1.29 is 33.4 Å². The molecule has 9 heteroatoms. The van der Waals surface area contributed by atoms with Gasteiger partial charge in [-0.15, -0.1) is 6.58 Å². The number of carbonyl (C=O) groups excluding carboxylic acids is 4. The van der Waals surface area contributed by atoms with Gasteiger partial charge in [0.25, 0.3) is 0 Å². The summed E-state index contributed by atoms with van der Waals surface area (Å²) in [6.07, 6.45) is 8.56. The Labute approximate surface area is 245 Å². The van der Waals surface area contributed by atoms with Crippen LogP contribution >= 0.6 is 0 Å². The summed E-state index contributed by atoms with van der Waals surface area (Å²) < 4.78 is 17.6. The lowest BCUT2D eigenvalue weighted by Crippen LogP contribution is -2.50. The van der Waals surface area contributed by atoms with Crippen molar-refractivity contribution in [3.8, 4) is 0 Å². The molecule has 0 saturated carbocycles. The third-order valence-corrected chi connectivity index (χ3v) is 7.71. The first-order valence-electron chi connectivity index (χ1n) is 14.9. The molecule has 9 nitrogen and oxygen atoms in total. The van der Waals surface area contributed by atoms with Crippen molar-refractivity contribution in [1.29, 1.82) is 0 Å². The van der Waals surface area contributed by atoms with E-state index in [0.29, 0.717) is 32.4 Å². The summed E-state index contributed by atoms with van der Waals surface area (Å²) in [5.41, 5.74) is 0.516. The largest absolute Gasteiger partial charge is 0.442 e. The van der Waals surface area contributed by atoms with Crippen LogP contribution in [0.25, 0.3) is 0 Å². The molecule has 2 aliphatic heterocycles. The van der Waals surface area contributed by atoms with Crippen LogP contribution in [0.4, 0.5) is 4.79 Å². The van der Waals surface area contributed by atoms with Crippen molar-refractivity contribution in [3.63, 3.8) is 0 Å². The summed E-state index contributed by atoms with van der Waals surface area (Å²) in [5, 5.41) is 3.02. The molecule has 2 amide bonds. The number of nitrogens with zero attached hydrogens (tertiary/aromatic N) is 1. The molecule has 6 unspecified atom stereocenters. The molecular formula is C32H50N2O7. The second kappa shape index (κ2) is 16.0. The van der Waals surface area contributed by atoms with Crippen LogP contribution in [-0.2, 0) is 28.6 Å². The number of carbonyl (C=O) groups is 4. The van der Waals surface area contributed by atoms with Gasteiger partial charge in [0.2, 0.25) is 17.5 Å². The number of hydrogen-bond donors (Lipinski definition) is 1. The maximum Gasteiger partial charge on any atom is 0.410 e. The molecular weight excluding hydrogens is 524 g/mol. The third-order valence-electron chi connectivity index (χ3n) is 7.71. The molecule has 2 saturated heterocycles. The number of nitrogens with one attached hydrogen (secondary N) is 1. The van der Waals surface area contributed by atoms with E-state index < -0.39 is 29.7 Å². The SMILES string of the molecule is C=CCCN(CC)C(=O)OC(C)C=CC(=O)NC1CC(C)C(CC=C(C)CCC2OC(C)(C)CC(=O)C2=O)OC1C. The monoisotopic (exact) mass is 574 g/mol. The second-order valence-corrected chi connectivity index (χ2v) is 12.0. The Balaban J connectivity index is 1.80. The van der Waals surface area contributed by atoms with Gasteiger partial charge in [-0.3, -0.25) is 14.4 Å². The van der Waals surface area contributed by atoms with E-state index in [2.05, 4.69) is 24.9 Å². The normalized spacial score (nSPS) is 27.4. The molecule has 0 aromatic carbocycles. The fraction of sp³-hybridized carbons (Fsp3) is 0.688. The Bertz CT molecular complexity index is 1000. The van der Waals surface area contributed by atoms with E-state index in [9.17, 15) is 19.2 Å². The molecule has 0 aliphatic carbocycles. The van der Waals surface area contributed by atoms with Crippen LogP contribution < -0.4 is 5.32 Å². The van der Waals surface area contributed by atoms with Crippen LogP contribution in [0.15, 0.2) is 36.5 Å². The van der Waals surface area contributed by atoms with Gasteiger partial charge in [-0.1, -0.05) is 24.6 Å². The summed E-state index contributed by atoms with van der Waals surface area (Å²) in [5.74, 6) is -0.799. The quantitative estimate of drug-likeness (QED) is 0.185. The minimum atomic E-state index is -0.679. The van der Waals surface area contributed by atoms with Crippen molar-refractivity contribution in [2.75, 3.05) is 13.1 Å². The smallest absolute Gasteiger partial charge is 0.410 e. The topological polar surface area (TPSA) is 111 Å². The zero-order valence-electron chi connectivity index (χ0n) is 25.9. The maximum atomic E-state index is 12.6. The molecule has 0 spiro atoms. The lowest BCUT2D eigenvalue weighted by atomic mass is 9.87. The van der Waals surface area contributed by atoms with Crippen molar-refractivity contribution in [2.45, 2.75) is 123 Å². The van der Waals surface area contributed by atoms with Gasteiger partial charge in [-0.05, 0) is 85.6 Å². The zero-order chi connectivity index (χ0) is 30.7. The van der Waals surface area contributed by atoms with Gasteiger partial charge in [-0.25, -0.2) is 4.79 Å². The maximum absolute atomic E-state index is 12.6. The number of rotatable bonds is 13. The van der Waals surface area contributed by atoms with Gasteiger partial charge in [-0.2, -0.15) is 0 Å². The molecule has 2 rings (SSSR count). The van der Waals surface area contributed by atoms with E-state index in [1.165, 1.54) is 6.08 Å². The van der Waals surface area contributed by atoms with Gasteiger partial charge < -0.3 is 24.4 Å². The summed E-state index contributed by atoms with van der Waals surface area (Å²) in [7, 11) is 0. The lowest BCUT2D eigenvalue weighted by Gasteiger charge is -2.39. The molecule has 0 bridgehead atoms. The molecule has 0 aromatic rings. The van der Waals surface area contributed by atoms with Crippen LogP contribution in [0.3, 0.4) is 0 Å². The van der Waals surface area contributed by atoms with Gasteiger partial charge in [0.1, 0.15) is 12.2 Å². The van der Waals surface area contributed by atoms with Crippen molar-refractivity contribution in [3.05, 3.63) is 36.5 Å². The summed E-state index contributed by atoms with van der Waals surface area (Å²) in [6, 6.07) is -0.133. The number of ether oxygens (including phenoxy) is 3. The molecule has 2 fully saturated rings. The predicted octanol–water partition coefficient (Wildman–Crippen LogP) is 5.09. The summed E-state index contributed by atoms with van der Waals surface area (Å²) >= 11 is 0. The van der Waals surface area contributed by atoms with Gasteiger partial charge >= 0.3 is 6.09 Å². The minimum Gasteiger partial charge on any atom is -0.442 e. The average molecular weight is 575 g/mol. The second-order valence-electron chi connectivity index (χ2n) is 12.0. The number of hydrogen-bond acceptors (Lipinski definition) is 7. The molecule has 2 aliphatic rings. The molecule has 0 radical (unpaired) electrons. The first-order chi connectivity index (χ1) is 19.3. The molecule has 230 valence electrons. The Hall–Kier alpha value is -2.78. The zero-order valence-corrected chi connectivity index (χ0v) is 25.9. The van der Waals surface area contributed by atoms with Crippen LogP contribution in [0.5, 0.6) is 0 Å². The molecule has 1 N–H and O–H groups in total. The highest BCUT2D eigenvalue weighted by Gasteiger charge is 2.40. The Morgan fingerprint density at radius 2 is 1.98 bits per heavy atom. The lowest BCUT2D eigenvalue weighted by molar-refractivity contribution is -0.165. The number of ketones is 2. The predicted molar refractivity (Wildman–Crippen MR) is 158 cm³/mol. The number of Topliss-reactive ketones (excluding diaryl/α,β-unsaturated/α-hetero) is 2. The molecule has 6 atom stereocenters. The highest BCUT2D eigenvalue weighted by atomic mass is 16.6. The minimum absolute atomic E-state index is 0.0127. The average Bonchev–Trinajstić information content (AvgIpc) is 2.89. The van der Waals surface area contributed by atoms with Crippen LogP contribution in [0.1, 0.15) is 87.0 Å². The Kier molecular flexibility index (Phi) is 13.4. The van der Waals surface area contributed by atoms with E-state index in [1.807, 2.05) is 34.6 Å². The van der Waals surface area contributed by atoms with Crippen molar-refractivity contribution >= 4 is 23.6 Å². The van der Waals surface area contributed by atoms with E-state index in [1.54, 1.807) is 24.0 Å². The van der Waals surface area contributed by atoms with E-state index in [4.69, 9.17) is 14.2 Å². The fourth-order valence-electron chi connectivity index (χ4n) is 5.17. The third kappa shape index (κ3) is 11.2. The molecule has 41 heavy (non-hydrogen) atoms. The van der Waals surface area contributed by atoms with E-state index in [0.717, 1.165) is 18.4 Å². The van der Waals surface area contributed by atoms with Gasteiger partial charge in [0, 0.05) is 25.6 Å². The van der Waals surface area contributed by atoms with E-state index >= 15 is 0 Å². The Morgan fingerprint density at radius 1 is 1.27 bits per heavy atom. The van der Waals surface area contributed by atoms with Crippen LogP contribution in [0, 0.1) is 5.92 Å². The summed E-state index contributed by atoms with van der Waals surface area (Å²) in [4.78, 5) is 50.7. The number of allylic oxidation sites excluding steroid dienone is 1. The Morgan fingerprint density at radius 3 is 2.63 bits per heavy atom. The van der Waals surface area contributed by atoms with Crippen LogP contribution in [-0.4, -0.2) is 77.6 Å². The van der Waals surface area contributed by atoms with Gasteiger partial charge in [0.05, 0.1) is 23.9 Å². The van der Waals surface area contributed by atoms with Crippen molar-refractivity contribution in [1.82, 2.24) is 10.2 Å². The number of amides is 2. The van der Waals surface area contributed by atoms with Gasteiger partial charge in [0.15, 0.2) is 0 Å². The highest BCUT2D eigenvalue weighted by molar-refractivity contribution is 6.39.